The van der Waals surface area contributed by atoms with Crippen molar-refractivity contribution in [3.8, 4) is 44.5 Å². The zero-order valence-electron chi connectivity index (χ0n) is 29.7. The molecule has 8 aromatic carbocycles. The van der Waals surface area contributed by atoms with Gasteiger partial charge in [0.1, 0.15) is 0 Å². The summed E-state index contributed by atoms with van der Waals surface area (Å²) in [5.74, 6) is 0.346. The first-order valence-electron chi connectivity index (χ1n) is 18.7. The molecule has 1 aliphatic heterocycles. The van der Waals surface area contributed by atoms with Gasteiger partial charge in [-0.1, -0.05) is 164 Å². The zero-order chi connectivity index (χ0) is 35.8. The van der Waals surface area contributed by atoms with E-state index in [-0.39, 0.29) is 0 Å². The Balaban J connectivity index is 0.992. The quantitative estimate of drug-likeness (QED) is 0.162. The molecule has 0 N–H and O–H groups in total. The Labute approximate surface area is 321 Å². The van der Waals surface area contributed by atoms with Crippen molar-refractivity contribution in [2.45, 2.75) is 16.1 Å². The molecule has 1 aliphatic carbocycles. The summed E-state index contributed by atoms with van der Waals surface area (Å²) in [6.45, 7) is 0. The molecule has 2 aliphatic rings. The van der Waals surface area contributed by atoms with Gasteiger partial charge >= 0.3 is 0 Å². The van der Waals surface area contributed by atoms with E-state index < -0.39 is 0 Å². The van der Waals surface area contributed by atoms with Crippen LogP contribution in [0.3, 0.4) is 0 Å². The average Bonchev–Trinajstić information content (AvgIpc) is 3.64. The van der Waals surface area contributed by atoms with Crippen molar-refractivity contribution in [2.75, 3.05) is 4.90 Å². The minimum Gasteiger partial charge on any atom is -0.313 e. The van der Waals surface area contributed by atoms with Crippen LogP contribution >= 0.6 is 11.8 Å². The summed E-state index contributed by atoms with van der Waals surface area (Å²) in [6, 6.07) is 70.8. The summed E-state index contributed by atoms with van der Waals surface area (Å²) >= 11 is 1.98. The highest BCUT2D eigenvalue weighted by Gasteiger charge is 2.38. The van der Waals surface area contributed by atoms with Crippen molar-refractivity contribution < 1.29 is 0 Å². The third kappa shape index (κ3) is 5.95. The molecule has 54 heavy (non-hydrogen) atoms. The maximum absolute atomic E-state index is 2.47. The van der Waals surface area contributed by atoms with Crippen LogP contribution in [0.25, 0.3) is 55.3 Å². The standard InChI is InChI=1S/C52H37NS/c1-2-12-36(13-3-1)37-26-30-44(31-27-37)53(50-24-11-23-49-48-21-6-7-25-51(48)54-52(49)50)45-32-28-38(29-33-45)40-16-8-17-41(34-40)42-18-9-19-43(35-42)47-22-10-15-39-14-4-5-20-46(39)47/h1-35,49,52H. The molecule has 1 heterocycles. The molecular formula is C52H37NS. The fraction of sp³-hybridized carbons (Fsp3) is 0.0385. The Morgan fingerprint density at radius 3 is 1.72 bits per heavy atom. The van der Waals surface area contributed by atoms with Crippen LogP contribution in [0.5, 0.6) is 0 Å². The zero-order valence-corrected chi connectivity index (χ0v) is 30.5. The largest absolute Gasteiger partial charge is 0.313 e. The van der Waals surface area contributed by atoms with E-state index in [1.54, 1.807) is 0 Å². The molecule has 2 heteroatoms. The van der Waals surface area contributed by atoms with Crippen LogP contribution < -0.4 is 4.90 Å². The van der Waals surface area contributed by atoms with Crippen LogP contribution in [0.15, 0.2) is 223 Å². The molecule has 0 bridgehead atoms. The van der Waals surface area contributed by atoms with E-state index in [1.165, 1.54) is 71.4 Å². The highest BCUT2D eigenvalue weighted by atomic mass is 32.2. The summed E-state index contributed by atoms with van der Waals surface area (Å²) in [4.78, 5) is 3.84. The fourth-order valence-electron chi connectivity index (χ4n) is 8.16. The molecule has 0 aromatic heterocycles. The van der Waals surface area contributed by atoms with Gasteiger partial charge in [0.25, 0.3) is 0 Å². The molecule has 0 radical (unpaired) electrons. The molecule has 1 nitrogen and oxygen atoms in total. The van der Waals surface area contributed by atoms with Crippen LogP contribution in [0.4, 0.5) is 11.4 Å². The van der Waals surface area contributed by atoms with Gasteiger partial charge in [0.2, 0.25) is 0 Å². The van der Waals surface area contributed by atoms with Crippen molar-refractivity contribution in [3.63, 3.8) is 0 Å². The minimum atomic E-state index is 0.294. The number of anilines is 2. The van der Waals surface area contributed by atoms with Crippen molar-refractivity contribution in [1.82, 2.24) is 0 Å². The lowest BCUT2D eigenvalue weighted by Gasteiger charge is -2.34. The van der Waals surface area contributed by atoms with Gasteiger partial charge in [0.05, 0.1) is 5.25 Å². The summed E-state index contributed by atoms with van der Waals surface area (Å²) in [7, 11) is 0. The normalized spacial score (nSPS) is 15.7. The molecule has 0 saturated heterocycles. The number of fused-ring (bicyclic) bond motifs is 4. The Hall–Kier alpha value is -6.35. The predicted molar refractivity (Wildman–Crippen MR) is 230 cm³/mol. The number of benzene rings is 8. The number of thioether (sulfide) groups is 1. The smallest absolute Gasteiger partial charge is 0.0604 e. The van der Waals surface area contributed by atoms with Crippen molar-refractivity contribution >= 4 is 33.9 Å². The minimum absolute atomic E-state index is 0.294. The fourth-order valence-corrected chi connectivity index (χ4v) is 9.62. The van der Waals surface area contributed by atoms with Crippen molar-refractivity contribution in [3.05, 3.63) is 224 Å². The third-order valence-corrected chi connectivity index (χ3v) is 12.3. The van der Waals surface area contributed by atoms with E-state index in [4.69, 9.17) is 0 Å². The third-order valence-electron chi connectivity index (χ3n) is 10.8. The lowest BCUT2D eigenvalue weighted by atomic mass is 9.90. The van der Waals surface area contributed by atoms with E-state index in [9.17, 15) is 0 Å². The van der Waals surface area contributed by atoms with E-state index in [2.05, 4.69) is 217 Å². The monoisotopic (exact) mass is 707 g/mol. The Kier molecular flexibility index (Phi) is 8.31. The van der Waals surface area contributed by atoms with Crippen LogP contribution in [-0.2, 0) is 0 Å². The SMILES string of the molecule is C1=CC2c3ccccc3SC2C(N(c2ccc(-c3ccccc3)cc2)c2ccc(-c3cccc(-c4cccc(-c5cccc6ccccc56)c4)c3)cc2)=C1. The van der Waals surface area contributed by atoms with Gasteiger partial charge in [-0.2, -0.15) is 0 Å². The van der Waals surface area contributed by atoms with Crippen LogP contribution in [0.1, 0.15) is 11.5 Å². The maximum Gasteiger partial charge on any atom is 0.0604 e. The maximum atomic E-state index is 2.47. The van der Waals surface area contributed by atoms with E-state index in [1.807, 2.05) is 11.8 Å². The van der Waals surface area contributed by atoms with E-state index in [0.717, 1.165) is 11.4 Å². The number of hydrogen-bond donors (Lipinski definition) is 0. The molecule has 0 spiro atoms. The number of nitrogens with zero attached hydrogens (tertiary/aromatic N) is 1. The number of hydrogen-bond acceptors (Lipinski definition) is 2. The van der Waals surface area contributed by atoms with Gasteiger partial charge in [0, 0.05) is 27.9 Å². The molecule has 0 saturated carbocycles. The van der Waals surface area contributed by atoms with Gasteiger partial charge < -0.3 is 4.90 Å². The Bertz CT molecular complexity index is 2680. The number of allylic oxidation sites excluding steroid dienone is 3. The molecule has 0 fully saturated rings. The molecule has 256 valence electrons. The summed E-state index contributed by atoms with van der Waals surface area (Å²) in [5, 5.41) is 2.83. The highest BCUT2D eigenvalue weighted by molar-refractivity contribution is 8.00. The average molecular weight is 708 g/mol. The second-order valence-electron chi connectivity index (χ2n) is 14.1. The lowest BCUT2D eigenvalue weighted by Crippen LogP contribution is -2.27. The first kappa shape index (κ1) is 32.3. The number of rotatable bonds is 7. The van der Waals surface area contributed by atoms with Crippen LogP contribution in [0.2, 0.25) is 0 Å². The van der Waals surface area contributed by atoms with E-state index in [0.29, 0.717) is 11.2 Å². The first-order valence-corrected chi connectivity index (χ1v) is 19.5. The van der Waals surface area contributed by atoms with Crippen LogP contribution in [-0.4, -0.2) is 5.25 Å². The van der Waals surface area contributed by atoms with Gasteiger partial charge in [-0.3, -0.25) is 0 Å². The summed E-state index contributed by atoms with van der Waals surface area (Å²) < 4.78 is 0. The molecule has 2 unspecified atom stereocenters. The Morgan fingerprint density at radius 1 is 0.426 bits per heavy atom. The molecule has 0 amide bonds. The molecule has 2 atom stereocenters. The van der Waals surface area contributed by atoms with Gasteiger partial charge in [-0.25, -0.2) is 0 Å². The lowest BCUT2D eigenvalue weighted by molar-refractivity contribution is 0.823. The predicted octanol–water partition coefficient (Wildman–Crippen LogP) is 14.4. The highest BCUT2D eigenvalue weighted by Crippen LogP contribution is 2.52. The van der Waals surface area contributed by atoms with Gasteiger partial charge in [-0.05, 0) is 109 Å². The molecule has 8 aromatic rings. The topological polar surface area (TPSA) is 3.24 Å². The van der Waals surface area contributed by atoms with Gasteiger partial charge in [0.15, 0.2) is 0 Å². The van der Waals surface area contributed by atoms with Crippen molar-refractivity contribution in [2.24, 2.45) is 0 Å². The Morgan fingerprint density at radius 2 is 0.963 bits per heavy atom. The molecular weight excluding hydrogens is 671 g/mol. The van der Waals surface area contributed by atoms with Crippen LogP contribution in [0, 0.1) is 0 Å². The summed E-state index contributed by atoms with van der Waals surface area (Å²) in [6.07, 6.45) is 6.94. The second kappa shape index (κ2) is 13.9. The van der Waals surface area contributed by atoms with Gasteiger partial charge in [-0.15, -0.1) is 11.8 Å². The van der Waals surface area contributed by atoms with E-state index >= 15 is 0 Å². The molecule has 10 rings (SSSR count). The van der Waals surface area contributed by atoms with Crippen molar-refractivity contribution in [1.29, 1.82) is 0 Å². The summed E-state index contributed by atoms with van der Waals surface area (Å²) in [5.41, 5.74) is 14.8. The first-order chi connectivity index (χ1) is 26.8. The second-order valence-corrected chi connectivity index (χ2v) is 15.2.